The first-order valence-electron chi connectivity index (χ1n) is 8.61. The molecular formula is C19H21BrN2O4S. The summed E-state index contributed by atoms with van der Waals surface area (Å²) in [7, 11) is -2.33. The molecule has 0 aromatic heterocycles. The van der Waals surface area contributed by atoms with Crippen LogP contribution in [0, 0.1) is 5.92 Å². The van der Waals surface area contributed by atoms with Gasteiger partial charge in [-0.3, -0.25) is 4.79 Å². The molecule has 0 bridgehead atoms. The number of hydrogen-bond donors (Lipinski definition) is 1. The van der Waals surface area contributed by atoms with Crippen molar-refractivity contribution in [2.24, 2.45) is 5.92 Å². The number of methoxy groups -OCH3 is 1. The van der Waals surface area contributed by atoms with E-state index in [1.54, 1.807) is 12.1 Å². The number of piperidine rings is 1. The van der Waals surface area contributed by atoms with Gasteiger partial charge in [0.15, 0.2) is 0 Å². The first-order valence-corrected chi connectivity index (χ1v) is 10.8. The van der Waals surface area contributed by atoms with E-state index in [1.165, 1.54) is 17.5 Å². The van der Waals surface area contributed by atoms with E-state index in [-0.39, 0.29) is 23.1 Å². The van der Waals surface area contributed by atoms with Crippen molar-refractivity contribution in [2.75, 3.05) is 25.5 Å². The summed E-state index contributed by atoms with van der Waals surface area (Å²) in [5, 5.41) is 2.86. The maximum Gasteiger partial charge on any atom is 0.246 e. The molecule has 1 atom stereocenters. The molecule has 1 N–H and O–H groups in total. The second-order valence-electron chi connectivity index (χ2n) is 6.35. The smallest absolute Gasteiger partial charge is 0.246 e. The first kappa shape index (κ1) is 19.9. The molecule has 0 aliphatic carbocycles. The van der Waals surface area contributed by atoms with E-state index in [9.17, 15) is 13.2 Å². The van der Waals surface area contributed by atoms with Crippen LogP contribution in [0.1, 0.15) is 12.8 Å². The second kappa shape index (κ2) is 8.41. The minimum atomic E-state index is -3.77. The molecular weight excluding hydrogens is 432 g/mol. The number of anilines is 1. The highest BCUT2D eigenvalue weighted by Crippen LogP contribution is 2.32. The van der Waals surface area contributed by atoms with Gasteiger partial charge in [0, 0.05) is 23.2 Å². The van der Waals surface area contributed by atoms with E-state index < -0.39 is 15.9 Å². The maximum absolute atomic E-state index is 13.1. The van der Waals surface area contributed by atoms with Crippen LogP contribution in [0.5, 0.6) is 5.75 Å². The van der Waals surface area contributed by atoms with Crippen LogP contribution in [0.25, 0.3) is 0 Å². The third kappa shape index (κ3) is 4.51. The number of carbonyl (C=O) groups excluding carboxylic acids is 1. The molecule has 1 unspecified atom stereocenters. The van der Waals surface area contributed by atoms with Crippen molar-refractivity contribution in [3.63, 3.8) is 0 Å². The summed E-state index contributed by atoms with van der Waals surface area (Å²) in [5.41, 5.74) is 0.705. The van der Waals surface area contributed by atoms with Crippen LogP contribution >= 0.6 is 15.9 Å². The second-order valence-corrected chi connectivity index (χ2v) is 9.17. The van der Waals surface area contributed by atoms with Gasteiger partial charge in [0.1, 0.15) is 10.6 Å². The van der Waals surface area contributed by atoms with Gasteiger partial charge in [0.25, 0.3) is 0 Å². The third-order valence-corrected chi connectivity index (χ3v) is 6.92. The van der Waals surface area contributed by atoms with Crippen LogP contribution in [-0.2, 0) is 14.8 Å². The minimum absolute atomic E-state index is 0.100. The van der Waals surface area contributed by atoms with Gasteiger partial charge in [-0.25, -0.2) is 8.42 Å². The Labute approximate surface area is 167 Å². The Morgan fingerprint density at radius 1 is 1.22 bits per heavy atom. The highest BCUT2D eigenvalue weighted by atomic mass is 79.9. The summed E-state index contributed by atoms with van der Waals surface area (Å²) in [5.74, 6) is -0.275. The average Bonchev–Trinajstić information content (AvgIpc) is 2.69. The topological polar surface area (TPSA) is 75.7 Å². The van der Waals surface area contributed by atoms with Crippen molar-refractivity contribution in [3.05, 3.63) is 53.0 Å². The van der Waals surface area contributed by atoms with Gasteiger partial charge in [0.05, 0.1) is 13.0 Å². The monoisotopic (exact) mass is 452 g/mol. The molecule has 8 heteroatoms. The molecule has 6 nitrogen and oxygen atoms in total. The van der Waals surface area contributed by atoms with Crippen LogP contribution in [0.3, 0.4) is 0 Å². The molecule has 2 aromatic carbocycles. The highest BCUT2D eigenvalue weighted by molar-refractivity contribution is 9.10. The first-order chi connectivity index (χ1) is 12.9. The predicted octanol–water partition coefficient (Wildman–Crippen LogP) is 3.50. The average molecular weight is 453 g/mol. The predicted molar refractivity (Wildman–Crippen MR) is 107 cm³/mol. The van der Waals surface area contributed by atoms with Gasteiger partial charge < -0.3 is 10.1 Å². The van der Waals surface area contributed by atoms with Crippen molar-refractivity contribution < 1.29 is 17.9 Å². The molecule has 27 heavy (non-hydrogen) atoms. The largest absolute Gasteiger partial charge is 0.495 e. The Kier molecular flexibility index (Phi) is 6.18. The lowest BCUT2D eigenvalue weighted by molar-refractivity contribution is -0.120. The molecule has 1 amide bonds. The zero-order valence-electron chi connectivity index (χ0n) is 14.9. The Bertz CT molecular complexity index is 919. The number of rotatable bonds is 5. The van der Waals surface area contributed by atoms with Crippen molar-refractivity contribution in [1.29, 1.82) is 0 Å². The summed E-state index contributed by atoms with van der Waals surface area (Å²) in [4.78, 5) is 12.7. The normalized spacial score (nSPS) is 18.1. The van der Waals surface area contributed by atoms with Crippen molar-refractivity contribution in [1.82, 2.24) is 4.31 Å². The minimum Gasteiger partial charge on any atom is -0.495 e. The fourth-order valence-electron chi connectivity index (χ4n) is 3.13. The summed E-state index contributed by atoms with van der Waals surface area (Å²) >= 11 is 3.31. The summed E-state index contributed by atoms with van der Waals surface area (Å²) < 4.78 is 33.5. The van der Waals surface area contributed by atoms with Crippen LogP contribution in [0.2, 0.25) is 0 Å². The van der Waals surface area contributed by atoms with Crippen molar-refractivity contribution >= 4 is 37.5 Å². The molecule has 1 heterocycles. The number of amides is 1. The van der Waals surface area contributed by atoms with Gasteiger partial charge >= 0.3 is 0 Å². The molecule has 1 saturated heterocycles. The summed E-state index contributed by atoms with van der Waals surface area (Å²) in [6.07, 6.45) is 1.28. The summed E-state index contributed by atoms with van der Waals surface area (Å²) in [6, 6.07) is 14.0. The van der Waals surface area contributed by atoms with Gasteiger partial charge in [0.2, 0.25) is 15.9 Å². The van der Waals surface area contributed by atoms with Gasteiger partial charge in [-0.15, -0.1) is 0 Å². The Morgan fingerprint density at radius 2 is 1.96 bits per heavy atom. The van der Waals surface area contributed by atoms with Crippen LogP contribution in [0.15, 0.2) is 57.9 Å². The van der Waals surface area contributed by atoms with E-state index >= 15 is 0 Å². The molecule has 1 aliphatic heterocycles. The number of sulfonamides is 1. The number of ether oxygens (including phenoxy) is 1. The molecule has 0 saturated carbocycles. The zero-order chi connectivity index (χ0) is 19.4. The van der Waals surface area contributed by atoms with Gasteiger partial charge in [-0.2, -0.15) is 4.31 Å². The lowest BCUT2D eigenvalue weighted by Gasteiger charge is -2.31. The maximum atomic E-state index is 13.1. The Balaban J connectivity index is 1.79. The van der Waals surface area contributed by atoms with Gasteiger partial charge in [-0.1, -0.05) is 34.1 Å². The number of benzene rings is 2. The summed E-state index contributed by atoms with van der Waals surface area (Å²) in [6.45, 7) is 0.532. The number of carbonyl (C=O) groups is 1. The van der Waals surface area contributed by atoms with Crippen molar-refractivity contribution in [3.8, 4) is 5.75 Å². The molecule has 0 radical (unpaired) electrons. The standard InChI is InChI=1S/C19H21BrN2O4S/c1-26-17-10-9-15(20)12-18(17)27(24,25)22-11-5-6-14(13-22)19(23)21-16-7-3-2-4-8-16/h2-4,7-10,12,14H,5-6,11,13H2,1H3,(H,21,23). The van der Waals surface area contributed by atoms with Crippen molar-refractivity contribution in [2.45, 2.75) is 17.7 Å². The number of para-hydroxylation sites is 1. The molecule has 1 fully saturated rings. The van der Waals surface area contributed by atoms with E-state index in [4.69, 9.17) is 4.74 Å². The quantitative estimate of drug-likeness (QED) is 0.752. The number of hydrogen-bond acceptors (Lipinski definition) is 4. The highest BCUT2D eigenvalue weighted by Gasteiger charge is 2.35. The third-order valence-electron chi connectivity index (χ3n) is 4.54. The van der Waals surface area contributed by atoms with Crippen LogP contribution in [0.4, 0.5) is 5.69 Å². The molecule has 3 rings (SSSR count). The van der Waals surface area contributed by atoms with E-state index in [0.29, 0.717) is 29.5 Å². The zero-order valence-corrected chi connectivity index (χ0v) is 17.3. The molecule has 1 aliphatic rings. The fourth-order valence-corrected chi connectivity index (χ4v) is 5.35. The Hall–Kier alpha value is -1.90. The SMILES string of the molecule is COc1ccc(Br)cc1S(=O)(=O)N1CCCC(C(=O)Nc2ccccc2)C1. The number of halogens is 1. The van der Waals surface area contributed by atoms with E-state index in [1.807, 2.05) is 30.3 Å². The van der Waals surface area contributed by atoms with Crippen LogP contribution < -0.4 is 10.1 Å². The molecule has 144 valence electrons. The van der Waals surface area contributed by atoms with E-state index in [0.717, 1.165) is 0 Å². The van der Waals surface area contributed by atoms with Crippen LogP contribution in [-0.4, -0.2) is 38.8 Å². The lowest BCUT2D eigenvalue weighted by atomic mass is 9.99. The molecule has 0 spiro atoms. The lowest BCUT2D eigenvalue weighted by Crippen LogP contribution is -2.43. The fraction of sp³-hybridized carbons (Fsp3) is 0.316. The number of nitrogens with zero attached hydrogens (tertiary/aromatic N) is 1. The molecule has 2 aromatic rings. The van der Waals surface area contributed by atoms with Gasteiger partial charge in [-0.05, 0) is 43.2 Å². The van der Waals surface area contributed by atoms with E-state index in [2.05, 4.69) is 21.2 Å². The number of nitrogens with one attached hydrogen (secondary N) is 1. The Morgan fingerprint density at radius 3 is 2.67 bits per heavy atom.